The number of benzene rings is 1. The second kappa shape index (κ2) is 5.50. The van der Waals surface area contributed by atoms with Gasteiger partial charge in [0.15, 0.2) is 6.29 Å². The Morgan fingerprint density at radius 3 is 2.67 bits per heavy atom. The maximum absolute atomic E-state index is 11.7. The third-order valence-corrected chi connectivity index (χ3v) is 3.14. The van der Waals surface area contributed by atoms with Gasteiger partial charge in [-0.3, -0.25) is 0 Å². The standard InChI is InChI=1S/C14H18O4/c1-9-3-5-11(6-4-9)14(16)17-8-12-7-10(2)13(15)18-12/h3-6,10,12-13,15H,7-8H2,1-2H3/t10-,12?,13?/m0/s1. The fraction of sp³-hybridized carbons (Fsp3) is 0.500. The molecule has 0 saturated carbocycles. The number of aliphatic hydroxyl groups is 1. The van der Waals surface area contributed by atoms with Crippen LogP contribution in [0.15, 0.2) is 24.3 Å². The van der Waals surface area contributed by atoms with Gasteiger partial charge in [-0.05, 0) is 25.5 Å². The van der Waals surface area contributed by atoms with Crippen molar-refractivity contribution in [2.75, 3.05) is 6.61 Å². The molecule has 1 aromatic rings. The molecule has 4 nitrogen and oxygen atoms in total. The average Bonchev–Trinajstić information content (AvgIpc) is 2.67. The highest BCUT2D eigenvalue weighted by molar-refractivity contribution is 5.89. The predicted molar refractivity (Wildman–Crippen MR) is 66.1 cm³/mol. The maximum Gasteiger partial charge on any atom is 0.338 e. The largest absolute Gasteiger partial charge is 0.459 e. The van der Waals surface area contributed by atoms with E-state index in [1.807, 2.05) is 26.0 Å². The van der Waals surface area contributed by atoms with Crippen LogP contribution in [0.1, 0.15) is 29.3 Å². The summed E-state index contributed by atoms with van der Waals surface area (Å²) < 4.78 is 10.4. The van der Waals surface area contributed by atoms with Crippen LogP contribution in [-0.2, 0) is 9.47 Å². The van der Waals surface area contributed by atoms with Crippen LogP contribution in [-0.4, -0.2) is 30.1 Å². The molecule has 1 heterocycles. The molecule has 1 N–H and O–H groups in total. The molecule has 4 heteroatoms. The highest BCUT2D eigenvalue weighted by atomic mass is 16.6. The monoisotopic (exact) mass is 250 g/mol. The molecule has 18 heavy (non-hydrogen) atoms. The van der Waals surface area contributed by atoms with E-state index in [1.54, 1.807) is 12.1 Å². The number of esters is 1. The molecule has 1 aromatic carbocycles. The average molecular weight is 250 g/mol. The summed E-state index contributed by atoms with van der Waals surface area (Å²) in [4.78, 5) is 11.7. The van der Waals surface area contributed by atoms with Crippen molar-refractivity contribution in [1.82, 2.24) is 0 Å². The zero-order chi connectivity index (χ0) is 13.1. The van der Waals surface area contributed by atoms with E-state index in [2.05, 4.69) is 0 Å². The fourth-order valence-corrected chi connectivity index (χ4v) is 1.97. The smallest absolute Gasteiger partial charge is 0.338 e. The zero-order valence-corrected chi connectivity index (χ0v) is 10.6. The molecule has 0 aliphatic carbocycles. The molecule has 98 valence electrons. The lowest BCUT2D eigenvalue weighted by Crippen LogP contribution is -2.19. The van der Waals surface area contributed by atoms with Crippen molar-refractivity contribution in [3.8, 4) is 0 Å². The molecular formula is C14H18O4. The summed E-state index contributed by atoms with van der Waals surface area (Å²) in [6.07, 6.45) is -0.236. The number of aryl methyl sites for hydroxylation is 1. The van der Waals surface area contributed by atoms with Crippen LogP contribution in [0.5, 0.6) is 0 Å². The van der Waals surface area contributed by atoms with Gasteiger partial charge in [0, 0.05) is 5.92 Å². The number of aliphatic hydroxyl groups excluding tert-OH is 1. The Labute approximate surface area is 107 Å². The Morgan fingerprint density at radius 1 is 1.44 bits per heavy atom. The minimum absolute atomic E-state index is 0.0908. The molecule has 0 bridgehead atoms. The number of hydrogen-bond donors (Lipinski definition) is 1. The molecule has 1 fully saturated rings. The predicted octanol–water partition coefficient (Wildman–Crippen LogP) is 1.90. The third kappa shape index (κ3) is 3.09. The van der Waals surface area contributed by atoms with E-state index < -0.39 is 6.29 Å². The molecular weight excluding hydrogens is 232 g/mol. The lowest BCUT2D eigenvalue weighted by molar-refractivity contribution is -0.115. The highest BCUT2D eigenvalue weighted by Gasteiger charge is 2.31. The van der Waals surface area contributed by atoms with E-state index in [4.69, 9.17) is 9.47 Å². The quantitative estimate of drug-likeness (QED) is 0.832. The summed E-state index contributed by atoms with van der Waals surface area (Å²) in [7, 11) is 0. The van der Waals surface area contributed by atoms with E-state index in [1.165, 1.54) is 0 Å². The van der Waals surface area contributed by atoms with Crippen LogP contribution in [0.25, 0.3) is 0 Å². The fourth-order valence-electron chi connectivity index (χ4n) is 1.97. The molecule has 0 aromatic heterocycles. The molecule has 2 unspecified atom stereocenters. The number of carbonyl (C=O) groups excluding carboxylic acids is 1. The topological polar surface area (TPSA) is 55.8 Å². The molecule has 0 amide bonds. The Balaban J connectivity index is 1.84. The van der Waals surface area contributed by atoms with Crippen LogP contribution in [0, 0.1) is 12.8 Å². The van der Waals surface area contributed by atoms with Crippen LogP contribution < -0.4 is 0 Å². The second-order valence-corrected chi connectivity index (χ2v) is 4.83. The lowest BCUT2D eigenvalue weighted by Gasteiger charge is -2.11. The van der Waals surface area contributed by atoms with Gasteiger partial charge in [0.2, 0.25) is 0 Å². The van der Waals surface area contributed by atoms with Gasteiger partial charge in [0.05, 0.1) is 11.7 Å². The minimum atomic E-state index is -0.743. The summed E-state index contributed by atoms with van der Waals surface area (Å²) >= 11 is 0. The summed E-state index contributed by atoms with van der Waals surface area (Å²) in [5.74, 6) is -0.263. The summed E-state index contributed by atoms with van der Waals surface area (Å²) in [5.41, 5.74) is 1.63. The van der Waals surface area contributed by atoms with E-state index in [-0.39, 0.29) is 24.6 Å². The van der Waals surface area contributed by atoms with Crippen molar-refractivity contribution in [1.29, 1.82) is 0 Å². The van der Waals surface area contributed by atoms with Crippen molar-refractivity contribution >= 4 is 5.97 Å². The van der Waals surface area contributed by atoms with Gasteiger partial charge < -0.3 is 14.6 Å². The second-order valence-electron chi connectivity index (χ2n) is 4.83. The van der Waals surface area contributed by atoms with Gasteiger partial charge in [-0.15, -0.1) is 0 Å². The maximum atomic E-state index is 11.7. The molecule has 0 spiro atoms. The van der Waals surface area contributed by atoms with Crippen LogP contribution in [0.2, 0.25) is 0 Å². The Hall–Kier alpha value is -1.39. The van der Waals surface area contributed by atoms with Crippen molar-refractivity contribution in [3.05, 3.63) is 35.4 Å². The van der Waals surface area contributed by atoms with Gasteiger partial charge in [0.1, 0.15) is 6.61 Å². The van der Waals surface area contributed by atoms with Gasteiger partial charge in [-0.1, -0.05) is 24.6 Å². The van der Waals surface area contributed by atoms with Crippen molar-refractivity contribution in [3.63, 3.8) is 0 Å². The zero-order valence-electron chi connectivity index (χ0n) is 10.6. The Kier molecular flexibility index (Phi) is 3.99. The van der Waals surface area contributed by atoms with Crippen molar-refractivity contribution in [2.24, 2.45) is 5.92 Å². The first-order valence-corrected chi connectivity index (χ1v) is 6.13. The summed E-state index contributed by atoms with van der Waals surface area (Å²) in [6, 6.07) is 7.22. The van der Waals surface area contributed by atoms with Crippen molar-refractivity contribution in [2.45, 2.75) is 32.7 Å². The first kappa shape index (κ1) is 13.1. The van der Waals surface area contributed by atoms with Crippen LogP contribution in [0.3, 0.4) is 0 Å². The molecule has 1 saturated heterocycles. The molecule has 2 rings (SSSR count). The van der Waals surface area contributed by atoms with E-state index in [0.717, 1.165) is 5.56 Å². The van der Waals surface area contributed by atoms with Crippen LogP contribution >= 0.6 is 0 Å². The Morgan fingerprint density at radius 2 is 2.11 bits per heavy atom. The van der Waals surface area contributed by atoms with Gasteiger partial charge >= 0.3 is 5.97 Å². The SMILES string of the molecule is Cc1ccc(C(=O)OCC2C[C@H](C)C(O)O2)cc1. The molecule has 1 aliphatic rings. The normalized spacial score (nSPS) is 27.2. The number of carbonyl (C=O) groups is 1. The van der Waals surface area contributed by atoms with E-state index >= 15 is 0 Å². The number of ether oxygens (including phenoxy) is 2. The number of hydrogen-bond acceptors (Lipinski definition) is 4. The number of rotatable bonds is 3. The third-order valence-electron chi connectivity index (χ3n) is 3.14. The summed E-state index contributed by atoms with van der Waals surface area (Å²) in [5, 5.41) is 9.42. The first-order chi connectivity index (χ1) is 8.56. The lowest BCUT2D eigenvalue weighted by atomic mass is 10.1. The van der Waals surface area contributed by atoms with Gasteiger partial charge in [-0.25, -0.2) is 4.79 Å². The minimum Gasteiger partial charge on any atom is -0.459 e. The van der Waals surface area contributed by atoms with Gasteiger partial charge in [-0.2, -0.15) is 0 Å². The van der Waals surface area contributed by atoms with Crippen LogP contribution in [0.4, 0.5) is 0 Å². The van der Waals surface area contributed by atoms with Gasteiger partial charge in [0.25, 0.3) is 0 Å². The van der Waals surface area contributed by atoms with Crippen molar-refractivity contribution < 1.29 is 19.4 Å². The molecule has 3 atom stereocenters. The molecule has 1 aliphatic heterocycles. The van der Waals surface area contributed by atoms with E-state index in [0.29, 0.717) is 12.0 Å². The van der Waals surface area contributed by atoms with E-state index in [9.17, 15) is 9.90 Å². The highest BCUT2D eigenvalue weighted by Crippen LogP contribution is 2.24. The summed E-state index contributed by atoms with van der Waals surface area (Å²) in [6.45, 7) is 4.06. The first-order valence-electron chi connectivity index (χ1n) is 6.13. The Bertz CT molecular complexity index is 402. The molecule has 0 radical (unpaired) electrons.